The number of allylic oxidation sites excluding steroid dienone is 2. The predicted octanol–water partition coefficient (Wildman–Crippen LogP) is 5.73. The number of ether oxygens (including phenoxy) is 1. The van der Waals surface area contributed by atoms with Crippen LogP contribution in [0.5, 0.6) is 0 Å². The molecular formula is C24H27F3N2O2. The van der Waals surface area contributed by atoms with E-state index in [1.54, 1.807) is 37.4 Å². The summed E-state index contributed by atoms with van der Waals surface area (Å²) in [4.78, 5) is 13.0. The summed E-state index contributed by atoms with van der Waals surface area (Å²) in [6, 6.07) is 4.89. The second kappa shape index (κ2) is 8.91. The maximum atomic E-state index is 14.7. The van der Waals surface area contributed by atoms with Crippen molar-refractivity contribution in [1.82, 2.24) is 9.88 Å². The molecule has 0 saturated heterocycles. The van der Waals surface area contributed by atoms with Gasteiger partial charge in [-0.25, -0.2) is 4.39 Å². The summed E-state index contributed by atoms with van der Waals surface area (Å²) in [5, 5.41) is 3.37. The molecule has 2 aromatic rings. The molecule has 1 fully saturated rings. The molecule has 1 unspecified atom stereocenters. The van der Waals surface area contributed by atoms with Crippen molar-refractivity contribution in [1.29, 1.82) is 0 Å². The number of carbonyl (C=O) groups excluding carboxylic acids is 1. The standard InChI is InChI=1S/C24H27F3N2O2/c1-24(31-23(26)27)12-10-16(11-13-24)14-29-15-18(21-19(25)8-5-9-20(21)29)22(30)28-17-6-3-2-4-7-17/h5,8-12,15,17,23H,2-4,6-7,13-14H2,1H3,(H,28,30). The summed E-state index contributed by atoms with van der Waals surface area (Å²) in [5.74, 6) is -0.692. The van der Waals surface area contributed by atoms with E-state index in [0.29, 0.717) is 29.4 Å². The number of rotatable bonds is 6. The molecule has 1 amide bonds. The van der Waals surface area contributed by atoms with Gasteiger partial charge in [0.15, 0.2) is 0 Å². The van der Waals surface area contributed by atoms with Gasteiger partial charge in [0.1, 0.15) is 5.82 Å². The number of hydrogen-bond acceptors (Lipinski definition) is 2. The van der Waals surface area contributed by atoms with Gasteiger partial charge in [0, 0.05) is 24.2 Å². The minimum absolute atomic E-state index is 0.128. The van der Waals surface area contributed by atoms with Gasteiger partial charge in [-0.15, -0.1) is 0 Å². The summed E-state index contributed by atoms with van der Waals surface area (Å²) < 4.78 is 46.4. The van der Waals surface area contributed by atoms with Gasteiger partial charge in [-0.2, -0.15) is 8.78 Å². The van der Waals surface area contributed by atoms with E-state index in [2.05, 4.69) is 5.32 Å². The van der Waals surface area contributed by atoms with Crippen molar-refractivity contribution in [3.63, 3.8) is 0 Å². The monoisotopic (exact) mass is 432 g/mol. The molecule has 0 spiro atoms. The van der Waals surface area contributed by atoms with Gasteiger partial charge in [-0.3, -0.25) is 4.79 Å². The Morgan fingerprint density at radius 2 is 2.06 bits per heavy atom. The van der Waals surface area contributed by atoms with Gasteiger partial charge < -0.3 is 14.6 Å². The van der Waals surface area contributed by atoms with Crippen molar-refractivity contribution in [2.75, 3.05) is 0 Å². The number of nitrogens with zero attached hydrogens (tertiary/aromatic N) is 1. The van der Waals surface area contributed by atoms with Crippen molar-refractivity contribution in [2.24, 2.45) is 0 Å². The molecule has 1 aromatic carbocycles. The second-order valence-corrected chi connectivity index (χ2v) is 8.62. The van der Waals surface area contributed by atoms with Crippen LogP contribution >= 0.6 is 0 Å². The molecule has 2 aliphatic rings. The number of fused-ring (bicyclic) bond motifs is 1. The lowest BCUT2D eigenvalue weighted by molar-refractivity contribution is -0.185. The van der Waals surface area contributed by atoms with Crippen LogP contribution in [0.25, 0.3) is 10.9 Å². The number of hydrogen-bond donors (Lipinski definition) is 1. The molecule has 0 bridgehead atoms. The molecule has 1 aromatic heterocycles. The predicted molar refractivity (Wildman–Crippen MR) is 114 cm³/mol. The molecular weight excluding hydrogens is 405 g/mol. The molecule has 2 aliphatic carbocycles. The Kier molecular flexibility index (Phi) is 6.23. The SMILES string of the molecule is CC1(OC(F)F)C=CC(Cn2cc(C(=O)NC3CCCCC3)c3c(F)cccc32)=CC1. The highest BCUT2D eigenvalue weighted by Crippen LogP contribution is 2.30. The van der Waals surface area contributed by atoms with Crippen LogP contribution in [0.3, 0.4) is 0 Å². The van der Waals surface area contributed by atoms with E-state index in [4.69, 9.17) is 4.74 Å². The third kappa shape index (κ3) is 4.87. The van der Waals surface area contributed by atoms with E-state index in [1.807, 2.05) is 10.6 Å². The van der Waals surface area contributed by atoms with Gasteiger partial charge in [-0.05, 0) is 43.9 Å². The molecule has 0 radical (unpaired) electrons. The first kappa shape index (κ1) is 21.7. The largest absolute Gasteiger partial charge is 0.349 e. The molecule has 4 rings (SSSR count). The lowest BCUT2D eigenvalue weighted by Crippen LogP contribution is -2.36. The van der Waals surface area contributed by atoms with Crippen LogP contribution < -0.4 is 5.32 Å². The highest BCUT2D eigenvalue weighted by atomic mass is 19.3. The Bertz CT molecular complexity index is 1020. The first-order chi connectivity index (χ1) is 14.8. The molecule has 0 aliphatic heterocycles. The minimum atomic E-state index is -2.84. The third-order valence-corrected chi connectivity index (χ3v) is 6.17. The number of nitrogens with one attached hydrogen (secondary N) is 1. The molecule has 1 N–H and O–H groups in total. The molecule has 1 atom stereocenters. The Morgan fingerprint density at radius 3 is 2.74 bits per heavy atom. The average molecular weight is 432 g/mol. The van der Waals surface area contributed by atoms with Crippen molar-refractivity contribution in [3.8, 4) is 0 Å². The molecule has 7 heteroatoms. The van der Waals surface area contributed by atoms with Crippen LogP contribution in [0, 0.1) is 5.82 Å². The lowest BCUT2D eigenvalue weighted by atomic mass is 9.94. The zero-order valence-corrected chi connectivity index (χ0v) is 17.5. The fourth-order valence-corrected chi connectivity index (χ4v) is 4.48. The van der Waals surface area contributed by atoms with Crippen molar-refractivity contribution < 1.29 is 22.7 Å². The molecule has 166 valence electrons. The quantitative estimate of drug-likeness (QED) is 0.634. The van der Waals surface area contributed by atoms with Gasteiger partial charge >= 0.3 is 6.61 Å². The number of amides is 1. The zero-order valence-electron chi connectivity index (χ0n) is 17.5. The smallest absolute Gasteiger partial charge is 0.346 e. The van der Waals surface area contributed by atoms with E-state index >= 15 is 0 Å². The van der Waals surface area contributed by atoms with E-state index in [-0.39, 0.29) is 11.9 Å². The van der Waals surface area contributed by atoms with Crippen LogP contribution in [0.4, 0.5) is 13.2 Å². The topological polar surface area (TPSA) is 43.3 Å². The maximum absolute atomic E-state index is 14.7. The molecule has 4 nitrogen and oxygen atoms in total. The van der Waals surface area contributed by atoms with Gasteiger partial charge in [0.05, 0.1) is 16.7 Å². The summed E-state index contributed by atoms with van der Waals surface area (Å²) in [5.41, 5.74) is 0.786. The van der Waals surface area contributed by atoms with Crippen LogP contribution in [0.2, 0.25) is 0 Å². The highest BCUT2D eigenvalue weighted by molar-refractivity contribution is 6.07. The average Bonchev–Trinajstić information content (AvgIpc) is 3.10. The van der Waals surface area contributed by atoms with E-state index in [1.165, 1.54) is 12.5 Å². The van der Waals surface area contributed by atoms with Crippen LogP contribution in [-0.2, 0) is 11.3 Å². The van der Waals surface area contributed by atoms with E-state index in [0.717, 1.165) is 31.3 Å². The summed E-state index contributed by atoms with van der Waals surface area (Å²) in [6.07, 6.45) is 12.5. The van der Waals surface area contributed by atoms with Crippen molar-refractivity contribution >= 4 is 16.8 Å². The Hall–Kier alpha value is -2.54. The second-order valence-electron chi connectivity index (χ2n) is 8.62. The lowest BCUT2D eigenvalue weighted by Gasteiger charge is -2.28. The van der Waals surface area contributed by atoms with Crippen LogP contribution in [0.15, 0.2) is 48.2 Å². The normalized spacial score (nSPS) is 22.2. The third-order valence-electron chi connectivity index (χ3n) is 6.17. The molecule has 1 heterocycles. The number of aromatic nitrogens is 1. The highest BCUT2D eigenvalue weighted by Gasteiger charge is 2.28. The molecule has 31 heavy (non-hydrogen) atoms. The number of alkyl halides is 2. The van der Waals surface area contributed by atoms with Crippen molar-refractivity contribution in [2.45, 2.75) is 70.2 Å². The summed E-state index contributed by atoms with van der Waals surface area (Å²) >= 11 is 0. The Labute approximate surface area is 179 Å². The first-order valence-electron chi connectivity index (χ1n) is 10.8. The van der Waals surface area contributed by atoms with E-state index in [9.17, 15) is 18.0 Å². The minimum Gasteiger partial charge on any atom is -0.349 e. The zero-order chi connectivity index (χ0) is 22.0. The number of benzene rings is 1. The summed E-state index contributed by atoms with van der Waals surface area (Å²) in [6.45, 7) is -0.833. The van der Waals surface area contributed by atoms with Crippen LogP contribution in [0.1, 0.15) is 55.8 Å². The van der Waals surface area contributed by atoms with Crippen LogP contribution in [-0.4, -0.2) is 28.7 Å². The van der Waals surface area contributed by atoms with Gasteiger partial charge in [0.25, 0.3) is 5.91 Å². The fraction of sp³-hybridized carbons (Fsp3) is 0.458. The van der Waals surface area contributed by atoms with Gasteiger partial charge in [-0.1, -0.05) is 43.6 Å². The Balaban J connectivity index is 1.57. The summed E-state index contributed by atoms with van der Waals surface area (Å²) in [7, 11) is 0. The number of halogens is 3. The van der Waals surface area contributed by atoms with Gasteiger partial charge in [0.2, 0.25) is 0 Å². The first-order valence-corrected chi connectivity index (χ1v) is 10.8. The van der Waals surface area contributed by atoms with E-state index < -0.39 is 18.0 Å². The van der Waals surface area contributed by atoms with Crippen molar-refractivity contribution in [3.05, 3.63) is 59.6 Å². The number of carbonyl (C=O) groups is 1. The Morgan fingerprint density at radius 1 is 1.29 bits per heavy atom. The molecule has 1 saturated carbocycles. The maximum Gasteiger partial charge on any atom is 0.346 e. The fourth-order valence-electron chi connectivity index (χ4n) is 4.48.